The summed E-state index contributed by atoms with van der Waals surface area (Å²) in [6.45, 7) is 4.07. The van der Waals surface area contributed by atoms with E-state index >= 15 is 0 Å². The van der Waals surface area contributed by atoms with Crippen molar-refractivity contribution in [2.75, 3.05) is 0 Å². The number of carbonyl (C=O) groups is 1. The molecule has 0 fully saturated rings. The van der Waals surface area contributed by atoms with E-state index in [4.69, 9.17) is 16.3 Å². The first-order chi connectivity index (χ1) is 8.60. The highest BCUT2D eigenvalue weighted by Crippen LogP contribution is 2.26. The van der Waals surface area contributed by atoms with E-state index in [9.17, 15) is 4.79 Å². The lowest BCUT2D eigenvalue weighted by atomic mass is 10.2. The molecular formula is C13H13ClN2O2. The fraction of sp³-hybridized carbons (Fsp3) is 0.231. The Balaban J connectivity index is 2.17. The van der Waals surface area contributed by atoms with Gasteiger partial charge in [0.05, 0.1) is 17.4 Å². The zero-order valence-corrected chi connectivity index (χ0v) is 10.9. The van der Waals surface area contributed by atoms with Gasteiger partial charge in [0.25, 0.3) is 0 Å². The fourth-order valence-electron chi connectivity index (χ4n) is 1.46. The minimum absolute atomic E-state index is 0.281. The van der Waals surface area contributed by atoms with Crippen LogP contribution in [0.1, 0.15) is 30.2 Å². The number of nitrogens with zero attached hydrogens (tertiary/aromatic N) is 2. The lowest BCUT2D eigenvalue weighted by molar-refractivity contribution is 0.112. The van der Waals surface area contributed by atoms with Crippen LogP contribution in [0.15, 0.2) is 30.6 Å². The summed E-state index contributed by atoms with van der Waals surface area (Å²) in [6, 6.07) is 5.21. The first-order valence-corrected chi connectivity index (χ1v) is 5.94. The maximum Gasteiger partial charge on any atom is 0.165 e. The van der Waals surface area contributed by atoms with Gasteiger partial charge in [-0.2, -0.15) is 5.10 Å². The molecule has 0 spiro atoms. The summed E-state index contributed by atoms with van der Waals surface area (Å²) in [5.41, 5.74) is 0.446. The molecule has 18 heavy (non-hydrogen) atoms. The molecule has 0 radical (unpaired) electrons. The Labute approximate surface area is 110 Å². The van der Waals surface area contributed by atoms with Gasteiger partial charge >= 0.3 is 0 Å². The second-order valence-corrected chi connectivity index (χ2v) is 4.56. The van der Waals surface area contributed by atoms with Gasteiger partial charge in [0.1, 0.15) is 5.75 Å². The quantitative estimate of drug-likeness (QED) is 0.791. The van der Waals surface area contributed by atoms with E-state index < -0.39 is 0 Å². The first-order valence-electron chi connectivity index (χ1n) is 5.57. The third-order valence-corrected chi connectivity index (χ3v) is 2.77. The number of benzene rings is 1. The van der Waals surface area contributed by atoms with Crippen molar-refractivity contribution in [1.29, 1.82) is 0 Å². The molecule has 94 valence electrons. The Morgan fingerprint density at radius 2 is 2.17 bits per heavy atom. The number of rotatable bonds is 4. The Hall–Kier alpha value is -1.81. The number of aldehydes is 1. The molecule has 2 rings (SSSR count). The maximum atomic E-state index is 10.6. The molecule has 0 N–H and O–H groups in total. The van der Waals surface area contributed by atoms with Crippen LogP contribution in [0.5, 0.6) is 11.5 Å². The van der Waals surface area contributed by atoms with Crippen LogP contribution in [0.3, 0.4) is 0 Å². The largest absolute Gasteiger partial charge is 0.454 e. The summed E-state index contributed by atoms with van der Waals surface area (Å²) in [7, 11) is 0. The van der Waals surface area contributed by atoms with Crippen molar-refractivity contribution < 1.29 is 9.53 Å². The normalized spacial score (nSPS) is 10.7. The molecule has 2 aromatic rings. The van der Waals surface area contributed by atoms with Gasteiger partial charge in [-0.1, -0.05) is 11.6 Å². The van der Waals surface area contributed by atoms with E-state index in [1.807, 2.05) is 20.0 Å². The summed E-state index contributed by atoms with van der Waals surface area (Å²) in [6.07, 6.45) is 4.16. The van der Waals surface area contributed by atoms with Crippen LogP contribution in [-0.2, 0) is 0 Å². The number of ether oxygens (including phenoxy) is 1. The van der Waals surface area contributed by atoms with E-state index in [0.717, 1.165) is 0 Å². The van der Waals surface area contributed by atoms with Crippen LogP contribution in [0.4, 0.5) is 0 Å². The molecule has 0 saturated heterocycles. The minimum Gasteiger partial charge on any atom is -0.454 e. The number of aromatic nitrogens is 2. The zero-order chi connectivity index (χ0) is 13.1. The molecule has 0 amide bonds. The fourth-order valence-corrected chi connectivity index (χ4v) is 1.67. The molecule has 0 aliphatic heterocycles. The molecule has 1 aromatic carbocycles. The molecule has 1 heterocycles. The highest BCUT2D eigenvalue weighted by atomic mass is 35.5. The lowest BCUT2D eigenvalue weighted by Gasteiger charge is -2.05. The third-order valence-electron chi connectivity index (χ3n) is 2.44. The Morgan fingerprint density at radius 3 is 2.72 bits per heavy atom. The van der Waals surface area contributed by atoms with E-state index in [1.54, 1.807) is 29.1 Å². The number of halogens is 1. The van der Waals surface area contributed by atoms with Gasteiger partial charge < -0.3 is 4.74 Å². The van der Waals surface area contributed by atoms with Crippen molar-refractivity contribution >= 4 is 17.9 Å². The minimum atomic E-state index is 0.281. The predicted octanol–water partition coefficient (Wildman–Crippen LogP) is 3.72. The smallest absolute Gasteiger partial charge is 0.165 e. The molecule has 0 aliphatic carbocycles. The zero-order valence-electron chi connectivity index (χ0n) is 10.1. The van der Waals surface area contributed by atoms with Crippen LogP contribution < -0.4 is 4.74 Å². The Bertz CT molecular complexity index is 564. The molecule has 0 atom stereocenters. The predicted molar refractivity (Wildman–Crippen MR) is 69.5 cm³/mol. The molecule has 0 saturated carbocycles. The SMILES string of the molecule is CC(C)n1cc(Oc2ccc(C=O)c(Cl)c2)cn1. The van der Waals surface area contributed by atoms with Gasteiger partial charge in [-0.3, -0.25) is 9.48 Å². The van der Waals surface area contributed by atoms with Crippen LogP contribution in [0.25, 0.3) is 0 Å². The monoisotopic (exact) mass is 264 g/mol. The van der Waals surface area contributed by atoms with Gasteiger partial charge in [0.15, 0.2) is 12.0 Å². The van der Waals surface area contributed by atoms with Crippen molar-refractivity contribution in [3.05, 3.63) is 41.2 Å². The van der Waals surface area contributed by atoms with E-state index in [2.05, 4.69) is 5.10 Å². The van der Waals surface area contributed by atoms with Crippen LogP contribution in [0.2, 0.25) is 5.02 Å². The average molecular weight is 265 g/mol. The third kappa shape index (κ3) is 2.71. The highest BCUT2D eigenvalue weighted by Gasteiger charge is 2.06. The second-order valence-electron chi connectivity index (χ2n) is 4.15. The summed E-state index contributed by atoms with van der Waals surface area (Å²) >= 11 is 5.92. The standard InChI is InChI=1S/C13H13ClN2O2/c1-9(2)16-7-12(6-15-16)18-11-4-3-10(8-17)13(14)5-11/h3-9H,1-2H3. The van der Waals surface area contributed by atoms with Gasteiger partial charge in [0, 0.05) is 17.7 Å². The van der Waals surface area contributed by atoms with E-state index in [0.29, 0.717) is 28.4 Å². The van der Waals surface area contributed by atoms with E-state index in [-0.39, 0.29) is 6.04 Å². The molecular weight excluding hydrogens is 252 g/mol. The Kier molecular flexibility index (Phi) is 3.67. The highest BCUT2D eigenvalue weighted by molar-refractivity contribution is 6.33. The lowest BCUT2D eigenvalue weighted by Crippen LogP contribution is -1.99. The number of hydrogen-bond acceptors (Lipinski definition) is 3. The molecule has 0 aliphatic rings. The molecule has 4 nitrogen and oxygen atoms in total. The topological polar surface area (TPSA) is 44.1 Å². The number of hydrogen-bond donors (Lipinski definition) is 0. The molecule has 0 unspecified atom stereocenters. The first kappa shape index (κ1) is 12.6. The van der Waals surface area contributed by atoms with Crippen molar-refractivity contribution in [2.45, 2.75) is 19.9 Å². The summed E-state index contributed by atoms with van der Waals surface area (Å²) in [5, 5.41) is 4.54. The van der Waals surface area contributed by atoms with Crippen LogP contribution in [0, 0.1) is 0 Å². The Morgan fingerprint density at radius 1 is 1.39 bits per heavy atom. The van der Waals surface area contributed by atoms with Crippen molar-refractivity contribution in [1.82, 2.24) is 9.78 Å². The van der Waals surface area contributed by atoms with Gasteiger partial charge in [-0.25, -0.2) is 0 Å². The van der Waals surface area contributed by atoms with Crippen molar-refractivity contribution in [3.63, 3.8) is 0 Å². The van der Waals surface area contributed by atoms with Gasteiger partial charge in [0.2, 0.25) is 0 Å². The number of carbonyl (C=O) groups excluding carboxylic acids is 1. The van der Waals surface area contributed by atoms with Crippen LogP contribution in [-0.4, -0.2) is 16.1 Å². The second kappa shape index (κ2) is 5.23. The van der Waals surface area contributed by atoms with Crippen molar-refractivity contribution in [3.8, 4) is 11.5 Å². The molecule has 1 aromatic heterocycles. The van der Waals surface area contributed by atoms with Crippen LogP contribution >= 0.6 is 11.6 Å². The van der Waals surface area contributed by atoms with Gasteiger partial charge in [-0.15, -0.1) is 0 Å². The average Bonchev–Trinajstić information content (AvgIpc) is 2.78. The van der Waals surface area contributed by atoms with E-state index in [1.165, 1.54) is 0 Å². The maximum absolute atomic E-state index is 10.6. The van der Waals surface area contributed by atoms with Crippen molar-refractivity contribution in [2.24, 2.45) is 0 Å². The molecule has 0 bridgehead atoms. The summed E-state index contributed by atoms with van der Waals surface area (Å²) < 4.78 is 7.41. The molecule has 5 heteroatoms. The van der Waals surface area contributed by atoms with Gasteiger partial charge in [-0.05, 0) is 26.0 Å². The summed E-state index contributed by atoms with van der Waals surface area (Å²) in [5.74, 6) is 1.22. The summed E-state index contributed by atoms with van der Waals surface area (Å²) in [4.78, 5) is 10.6.